The van der Waals surface area contributed by atoms with Crippen molar-refractivity contribution < 1.29 is 9.53 Å². The number of amides is 1. The molecule has 1 N–H and O–H groups in total. The first-order chi connectivity index (χ1) is 12.1. The lowest BCUT2D eigenvalue weighted by Gasteiger charge is -2.08. The maximum atomic E-state index is 12.2. The third kappa shape index (κ3) is 4.32. The van der Waals surface area contributed by atoms with Gasteiger partial charge in [-0.15, -0.1) is 0 Å². The predicted octanol–water partition coefficient (Wildman–Crippen LogP) is 2.61. The van der Waals surface area contributed by atoms with Crippen molar-refractivity contribution in [2.24, 2.45) is 7.05 Å². The molecule has 0 aliphatic rings. The topological polar surface area (TPSA) is 73.2 Å². The minimum absolute atomic E-state index is 0.140. The Hall–Kier alpha value is -3.41. The van der Waals surface area contributed by atoms with E-state index in [9.17, 15) is 9.59 Å². The molecule has 6 heteroatoms. The van der Waals surface area contributed by atoms with Crippen LogP contribution in [0.2, 0.25) is 0 Å². The van der Waals surface area contributed by atoms with Gasteiger partial charge in [0.05, 0.1) is 5.69 Å². The number of pyridine rings is 2. The highest BCUT2D eigenvalue weighted by Gasteiger charge is 2.08. The van der Waals surface area contributed by atoms with E-state index in [1.807, 2.05) is 30.3 Å². The first-order valence-corrected chi connectivity index (χ1v) is 7.72. The van der Waals surface area contributed by atoms with Crippen LogP contribution in [0.5, 0.6) is 5.75 Å². The maximum Gasteiger partial charge on any atom is 0.274 e. The Morgan fingerprint density at radius 2 is 1.92 bits per heavy atom. The molecule has 25 heavy (non-hydrogen) atoms. The summed E-state index contributed by atoms with van der Waals surface area (Å²) in [5.41, 5.74) is 1.55. The molecule has 126 valence electrons. The molecular formula is C19H17N3O3. The van der Waals surface area contributed by atoms with Gasteiger partial charge in [-0.2, -0.15) is 0 Å². The number of nitrogens with one attached hydrogen (secondary N) is 1. The molecule has 0 aliphatic heterocycles. The second-order valence-electron chi connectivity index (χ2n) is 5.47. The van der Waals surface area contributed by atoms with Crippen LogP contribution < -0.4 is 15.6 Å². The number of aryl methyl sites for hydroxylation is 1. The van der Waals surface area contributed by atoms with Crippen molar-refractivity contribution in [2.45, 2.75) is 6.61 Å². The monoisotopic (exact) mass is 335 g/mol. The largest absolute Gasteiger partial charge is 0.489 e. The predicted molar refractivity (Wildman–Crippen MR) is 94.6 cm³/mol. The second-order valence-corrected chi connectivity index (χ2v) is 5.47. The number of rotatable bonds is 5. The summed E-state index contributed by atoms with van der Waals surface area (Å²) in [5, 5.41) is 2.71. The molecule has 2 aromatic heterocycles. The van der Waals surface area contributed by atoms with Crippen molar-refractivity contribution in [1.82, 2.24) is 9.55 Å². The molecule has 0 spiro atoms. The standard InChI is InChI=1S/C19H17N3O3/c1-22-12-15(8-10-18(22)23)21-19(24)17-9-7-14(11-20-17)13-25-16-5-3-2-4-6-16/h2-12H,13H2,1H3,(H,21,24). The SMILES string of the molecule is Cn1cc(NC(=O)c2ccc(COc3ccccc3)cn2)ccc1=O. The summed E-state index contributed by atoms with van der Waals surface area (Å²) in [6, 6.07) is 15.9. The van der Waals surface area contributed by atoms with E-state index in [-0.39, 0.29) is 17.2 Å². The van der Waals surface area contributed by atoms with Crippen LogP contribution in [0.15, 0.2) is 71.8 Å². The number of anilines is 1. The van der Waals surface area contributed by atoms with Crippen LogP contribution in [0.4, 0.5) is 5.69 Å². The molecule has 1 aromatic carbocycles. The molecule has 0 atom stereocenters. The van der Waals surface area contributed by atoms with Crippen molar-refractivity contribution in [3.8, 4) is 5.75 Å². The molecule has 0 saturated heterocycles. The lowest BCUT2D eigenvalue weighted by atomic mass is 10.2. The highest BCUT2D eigenvalue weighted by atomic mass is 16.5. The van der Waals surface area contributed by atoms with Gasteiger partial charge in [0.15, 0.2) is 0 Å². The van der Waals surface area contributed by atoms with E-state index in [0.29, 0.717) is 12.3 Å². The van der Waals surface area contributed by atoms with Crippen molar-refractivity contribution in [3.05, 3.63) is 88.6 Å². The van der Waals surface area contributed by atoms with Crippen LogP contribution in [0.1, 0.15) is 16.1 Å². The van der Waals surface area contributed by atoms with Gasteiger partial charge in [0, 0.05) is 31.1 Å². The molecule has 3 rings (SSSR count). The number of nitrogens with zero attached hydrogens (tertiary/aromatic N) is 2. The van der Waals surface area contributed by atoms with E-state index in [0.717, 1.165) is 11.3 Å². The average Bonchev–Trinajstić information content (AvgIpc) is 2.64. The van der Waals surface area contributed by atoms with E-state index in [1.54, 1.807) is 37.6 Å². The zero-order chi connectivity index (χ0) is 17.6. The average molecular weight is 335 g/mol. The second kappa shape index (κ2) is 7.44. The molecule has 2 heterocycles. The van der Waals surface area contributed by atoms with Crippen LogP contribution in [0, 0.1) is 0 Å². The van der Waals surface area contributed by atoms with E-state index in [1.165, 1.54) is 10.6 Å². The van der Waals surface area contributed by atoms with Crippen molar-refractivity contribution in [3.63, 3.8) is 0 Å². The highest BCUT2D eigenvalue weighted by Crippen LogP contribution is 2.12. The highest BCUT2D eigenvalue weighted by molar-refractivity contribution is 6.02. The van der Waals surface area contributed by atoms with Gasteiger partial charge in [-0.25, -0.2) is 0 Å². The molecule has 0 aliphatic carbocycles. The number of carbonyl (C=O) groups is 1. The minimum Gasteiger partial charge on any atom is -0.489 e. The molecule has 0 bridgehead atoms. The first-order valence-electron chi connectivity index (χ1n) is 7.72. The molecule has 6 nitrogen and oxygen atoms in total. The lowest BCUT2D eigenvalue weighted by molar-refractivity contribution is 0.102. The summed E-state index contributed by atoms with van der Waals surface area (Å²) in [5.74, 6) is 0.438. The maximum absolute atomic E-state index is 12.2. The van der Waals surface area contributed by atoms with Gasteiger partial charge in [-0.05, 0) is 24.3 Å². The summed E-state index contributed by atoms with van der Waals surface area (Å²) >= 11 is 0. The van der Waals surface area contributed by atoms with Gasteiger partial charge in [0.1, 0.15) is 18.1 Å². The first kappa shape index (κ1) is 16.4. The number of para-hydroxylation sites is 1. The van der Waals surface area contributed by atoms with E-state index < -0.39 is 0 Å². The molecule has 0 saturated carbocycles. The fourth-order valence-corrected chi connectivity index (χ4v) is 2.19. The van der Waals surface area contributed by atoms with Gasteiger partial charge in [0.25, 0.3) is 5.91 Å². The summed E-state index contributed by atoms with van der Waals surface area (Å²) in [7, 11) is 1.62. The minimum atomic E-state index is -0.339. The van der Waals surface area contributed by atoms with E-state index in [4.69, 9.17) is 4.74 Å². The number of benzene rings is 1. The Kier molecular flexibility index (Phi) is 4.89. The Morgan fingerprint density at radius 3 is 2.60 bits per heavy atom. The van der Waals surface area contributed by atoms with Gasteiger partial charge in [0.2, 0.25) is 5.56 Å². The Bertz CT molecular complexity index is 919. The van der Waals surface area contributed by atoms with Crippen molar-refractivity contribution in [1.29, 1.82) is 0 Å². The van der Waals surface area contributed by atoms with Crippen LogP contribution in [-0.4, -0.2) is 15.5 Å². The normalized spacial score (nSPS) is 10.3. The summed E-state index contributed by atoms with van der Waals surface area (Å²) in [6.45, 7) is 0.375. The van der Waals surface area contributed by atoms with Gasteiger partial charge in [-0.1, -0.05) is 24.3 Å². The summed E-state index contributed by atoms with van der Waals surface area (Å²) in [4.78, 5) is 27.7. The van der Waals surface area contributed by atoms with Crippen LogP contribution in [-0.2, 0) is 13.7 Å². The van der Waals surface area contributed by atoms with Gasteiger partial charge < -0.3 is 14.6 Å². The van der Waals surface area contributed by atoms with Crippen molar-refractivity contribution >= 4 is 11.6 Å². The molecule has 0 unspecified atom stereocenters. The van der Waals surface area contributed by atoms with Crippen LogP contribution in [0.3, 0.4) is 0 Å². The fraction of sp³-hybridized carbons (Fsp3) is 0.105. The number of hydrogen-bond donors (Lipinski definition) is 1. The van der Waals surface area contributed by atoms with Gasteiger partial charge >= 0.3 is 0 Å². The summed E-state index contributed by atoms with van der Waals surface area (Å²) in [6.07, 6.45) is 3.17. The molecule has 0 fully saturated rings. The Labute approximate surface area is 144 Å². The van der Waals surface area contributed by atoms with Crippen LogP contribution >= 0.6 is 0 Å². The van der Waals surface area contributed by atoms with Gasteiger partial charge in [-0.3, -0.25) is 14.6 Å². The molecular weight excluding hydrogens is 318 g/mol. The third-order valence-electron chi connectivity index (χ3n) is 3.55. The smallest absolute Gasteiger partial charge is 0.274 e. The quantitative estimate of drug-likeness (QED) is 0.778. The molecule has 0 radical (unpaired) electrons. The number of ether oxygens (including phenoxy) is 1. The zero-order valence-corrected chi connectivity index (χ0v) is 13.7. The van der Waals surface area contributed by atoms with Crippen LogP contribution in [0.25, 0.3) is 0 Å². The van der Waals surface area contributed by atoms with E-state index >= 15 is 0 Å². The number of hydrogen-bond acceptors (Lipinski definition) is 4. The number of aromatic nitrogens is 2. The lowest BCUT2D eigenvalue weighted by Crippen LogP contribution is -2.18. The molecule has 1 amide bonds. The third-order valence-corrected chi connectivity index (χ3v) is 3.55. The Morgan fingerprint density at radius 1 is 1.12 bits per heavy atom. The Balaban J connectivity index is 1.62. The fourth-order valence-electron chi connectivity index (χ4n) is 2.19. The molecule has 3 aromatic rings. The number of carbonyl (C=O) groups excluding carboxylic acids is 1. The van der Waals surface area contributed by atoms with Crippen molar-refractivity contribution in [2.75, 3.05) is 5.32 Å². The summed E-state index contributed by atoms with van der Waals surface area (Å²) < 4.78 is 7.04. The zero-order valence-electron chi connectivity index (χ0n) is 13.7. The van der Waals surface area contributed by atoms with E-state index in [2.05, 4.69) is 10.3 Å².